The van der Waals surface area contributed by atoms with Gasteiger partial charge in [0, 0.05) is 37.3 Å². The Morgan fingerprint density at radius 3 is 3.10 bits per heavy atom. The number of rotatable bonds is 3. The molecular weight excluding hydrogens is 266 g/mol. The number of benzene rings is 1. The summed E-state index contributed by atoms with van der Waals surface area (Å²) in [7, 11) is 0. The number of hydrogen-bond acceptors (Lipinski definition) is 4. The van der Waals surface area contributed by atoms with Crippen LogP contribution in [0.25, 0.3) is 0 Å². The first kappa shape index (κ1) is 14.0. The number of ether oxygens (including phenoxy) is 1. The third kappa shape index (κ3) is 2.91. The lowest BCUT2D eigenvalue weighted by Crippen LogP contribution is -2.54. The largest absolute Gasteiger partial charge is 0.492 e. The van der Waals surface area contributed by atoms with Gasteiger partial charge in [-0.3, -0.25) is 4.79 Å². The van der Waals surface area contributed by atoms with Gasteiger partial charge in [-0.05, 0) is 37.8 Å². The molecule has 2 aliphatic rings. The fourth-order valence-electron chi connectivity index (χ4n) is 3.34. The standard InChI is InChI=1S/C16H23N3O2/c1-2-21-15-9-12(4-5-13(15)17)19-8-7-14-11(10-19)3-6-16(20)18-14/h4-5,9,11,14H,2-3,6-8,10,17H2,1H3,(H,18,20). The van der Waals surface area contributed by atoms with Gasteiger partial charge < -0.3 is 20.7 Å². The molecule has 0 spiro atoms. The van der Waals surface area contributed by atoms with Crippen LogP contribution in [-0.2, 0) is 4.79 Å². The van der Waals surface area contributed by atoms with Crippen LogP contribution in [-0.4, -0.2) is 31.6 Å². The van der Waals surface area contributed by atoms with Crippen molar-refractivity contribution in [1.82, 2.24) is 5.32 Å². The summed E-state index contributed by atoms with van der Waals surface area (Å²) in [5.74, 6) is 1.51. The van der Waals surface area contributed by atoms with E-state index < -0.39 is 0 Å². The first-order valence-electron chi connectivity index (χ1n) is 7.74. The van der Waals surface area contributed by atoms with Crippen LogP contribution in [0.1, 0.15) is 26.2 Å². The highest BCUT2D eigenvalue weighted by Crippen LogP contribution is 2.32. The SMILES string of the molecule is CCOc1cc(N2CCC3NC(=O)CCC3C2)ccc1N. The van der Waals surface area contributed by atoms with Gasteiger partial charge in [0.1, 0.15) is 5.75 Å². The molecule has 2 heterocycles. The molecule has 1 aromatic rings. The maximum Gasteiger partial charge on any atom is 0.220 e. The van der Waals surface area contributed by atoms with E-state index in [4.69, 9.17) is 10.5 Å². The van der Waals surface area contributed by atoms with Crippen molar-refractivity contribution in [1.29, 1.82) is 0 Å². The van der Waals surface area contributed by atoms with Gasteiger partial charge in [-0.1, -0.05) is 0 Å². The molecule has 2 aliphatic heterocycles. The monoisotopic (exact) mass is 289 g/mol. The van der Waals surface area contributed by atoms with Crippen molar-refractivity contribution >= 4 is 17.3 Å². The van der Waals surface area contributed by atoms with Crippen molar-refractivity contribution in [3.63, 3.8) is 0 Å². The molecule has 2 saturated heterocycles. The van der Waals surface area contributed by atoms with Crippen molar-refractivity contribution in [2.75, 3.05) is 30.3 Å². The predicted molar refractivity (Wildman–Crippen MR) is 83.5 cm³/mol. The Kier molecular flexibility index (Phi) is 3.90. The summed E-state index contributed by atoms with van der Waals surface area (Å²) in [4.78, 5) is 13.8. The lowest BCUT2D eigenvalue weighted by atomic mass is 9.85. The molecule has 0 saturated carbocycles. The number of anilines is 2. The molecule has 1 amide bonds. The second-order valence-corrected chi connectivity index (χ2v) is 5.86. The maximum absolute atomic E-state index is 11.5. The van der Waals surface area contributed by atoms with Crippen LogP contribution in [0.3, 0.4) is 0 Å². The molecule has 21 heavy (non-hydrogen) atoms. The topological polar surface area (TPSA) is 67.6 Å². The highest BCUT2D eigenvalue weighted by atomic mass is 16.5. The molecule has 3 rings (SSSR count). The number of amides is 1. The fourth-order valence-corrected chi connectivity index (χ4v) is 3.34. The van der Waals surface area contributed by atoms with E-state index in [9.17, 15) is 4.79 Å². The molecule has 114 valence electrons. The van der Waals surface area contributed by atoms with Crippen molar-refractivity contribution < 1.29 is 9.53 Å². The van der Waals surface area contributed by atoms with Gasteiger partial charge in [-0.2, -0.15) is 0 Å². The molecule has 0 bridgehead atoms. The molecule has 1 aromatic carbocycles. The van der Waals surface area contributed by atoms with Gasteiger partial charge in [-0.15, -0.1) is 0 Å². The van der Waals surface area contributed by atoms with E-state index in [1.54, 1.807) is 0 Å². The highest BCUT2D eigenvalue weighted by molar-refractivity contribution is 5.77. The van der Waals surface area contributed by atoms with E-state index in [0.717, 1.165) is 37.4 Å². The summed E-state index contributed by atoms with van der Waals surface area (Å²) in [5, 5.41) is 3.12. The van der Waals surface area contributed by atoms with Crippen LogP contribution in [0, 0.1) is 5.92 Å². The van der Waals surface area contributed by atoms with Crippen molar-refractivity contribution in [3.05, 3.63) is 18.2 Å². The number of piperidine rings is 2. The van der Waals surface area contributed by atoms with Crippen molar-refractivity contribution in [3.8, 4) is 5.75 Å². The summed E-state index contributed by atoms with van der Waals surface area (Å²) < 4.78 is 5.58. The van der Waals surface area contributed by atoms with Crippen LogP contribution in [0.15, 0.2) is 18.2 Å². The molecule has 0 radical (unpaired) electrons. The summed E-state index contributed by atoms with van der Waals surface area (Å²) in [6.45, 7) is 4.52. The van der Waals surface area contributed by atoms with E-state index in [1.807, 2.05) is 19.1 Å². The number of carbonyl (C=O) groups is 1. The number of nitrogen functional groups attached to an aromatic ring is 1. The average molecular weight is 289 g/mol. The number of nitrogens with one attached hydrogen (secondary N) is 1. The second-order valence-electron chi connectivity index (χ2n) is 5.86. The molecular formula is C16H23N3O2. The molecule has 0 aliphatic carbocycles. The number of nitrogens with zero attached hydrogens (tertiary/aromatic N) is 1. The lowest BCUT2D eigenvalue weighted by Gasteiger charge is -2.42. The molecule has 2 atom stereocenters. The number of hydrogen-bond donors (Lipinski definition) is 2. The predicted octanol–water partition coefficient (Wildman–Crippen LogP) is 1.77. The van der Waals surface area contributed by atoms with Crippen molar-refractivity contribution in [2.24, 2.45) is 5.92 Å². The Balaban J connectivity index is 1.73. The van der Waals surface area contributed by atoms with Gasteiger partial charge in [0.05, 0.1) is 12.3 Å². The van der Waals surface area contributed by atoms with Crippen LogP contribution >= 0.6 is 0 Å². The quantitative estimate of drug-likeness (QED) is 0.832. The van der Waals surface area contributed by atoms with Crippen molar-refractivity contribution in [2.45, 2.75) is 32.2 Å². The van der Waals surface area contributed by atoms with Gasteiger partial charge >= 0.3 is 0 Å². The van der Waals surface area contributed by atoms with E-state index >= 15 is 0 Å². The van der Waals surface area contributed by atoms with E-state index in [1.165, 1.54) is 0 Å². The second kappa shape index (κ2) is 5.84. The molecule has 2 fully saturated rings. The Bertz CT molecular complexity index is 532. The van der Waals surface area contributed by atoms with E-state index in [0.29, 0.717) is 30.7 Å². The molecule has 0 aromatic heterocycles. The van der Waals surface area contributed by atoms with Gasteiger partial charge in [-0.25, -0.2) is 0 Å². The normalized spacial score (nSPS) is 25.2. The Hall–Kier alpha value is -1.91. The smallest absolute Gasteiger partial charge is 0.220 e. The zero-order valence-corrected chi connectivity index (χ0v) is 12.5. The van der Waals surface area contributed by atoms with Gasteiger partial charge in [0.25, 0.3) is 0 Å². The fraction of sp³-hybridized carbons (Fsp3) is 0.562. The third-order valence-electron chi connectivity index (χ3n) is 4.48. The highest BCUT2D eigenvalue weighted by Gasteiger charge is 2.33. The Morgan fingerprint density at radius 2 is 2.29 bits per heavy atom. The van der Waals surface area contributed by atoms with Crippen LogP contribution in [0.5, 0.6) is 5.75 Å². The molecule has 5 nitrogen and oxygen atoms in total. The molecule has 3 N–H and O–H groups in total. The zero-order valence-electron chi connectivity index (χ0n) is 12.5. The number of fused-ring (bicyclic) bond motifs is 1. The minimum absolute atomic E-state index is 0.204. The number of nitrogens with two attached hydrogens (primary N) is 1. The number of carbonyl (C=O) groups excluding carboxylic acids is 1. The van der Waals surface area contributed by atoms with E-state index in [-0.39, 0.29) is 5.91 Å². The van der Waals surface area contributed by atoms with Crippen LogP contribution in [0.2, 0.25) is 0 Å². The zero-order chi connectivity index (χ0) is 14.8. The first-order chi connectivity index (χ1) is 10.2. The lowest BCUT2D eigenvalue weighted by molar-refractivity contribution is -0.124. The molecule has 2 unspecified atom stereocenters. The van der Waals surface area contributed by atoms with Crippen LogP contribution in [0.4, 0.5) is 11.4 Å². The minimum atomic E-state index is 0.204. The maximum atomic E-state index is 11.5. The van der Waals surface area contributed by atoms with Gasteiger partial charge in [0.15, 0.2) is 0 Å². The summed E-state index contributed by atoms with van der Waals surface area (Å²) >= 11 is 0. The minimum Gasteiger partial charge on any atom is -0.492 e. The third-order valence-corrected chi connectivity index (χ3v) is 4.48. The van der Waals surface area contributed by atoms with E-state index in [2.05, 4.69) is 16.3 Å². The Morgan fingerprint density at radius 1 is 1.43 bits per heavy atom. The molecule has 5 heteroatoms. The first-order valence-corrected chi connectivity index (χ1v) is 7.74. The summed E-state index contributed by atoms with van der Waals surface area (Å²) in [5.41, 5.74) is 7.77. The van der Waals surface area contributed by atoms with Crippen LogP contribution < -0.4 is 20.7 Å². The average Bonchev–Trinajstić information content (AvgIpc) is 2.49. The van der Waals surface area contributed by atoms with Gasteiger partial charge in [0.2, 0.25) is 5.91 Å². The Labute approximate surface area is 125 Å². The summed E-state index contributed by atoms with van der Waals surface area (Å²) in [6, 6.07) is 6.34. The summed E-state index contributed by atoms with van der Waals surface area (Å²) in [6.07, 6.45) is 2.64.